The lowest BCUT2D eigenvalue weighted by Gasteiger charge is -2.15. The molecule has 0 aromatic heterocycles. The van der Waals surface area contributed by atoms with Crippen molar-refractivity contribution in [1.82, 2.24) is 0 Å². The van der Waals surface area contributed by atoms with Gasteiger partial charge in [-0.05, 0) is 12.5 Å². The maximum absolute atomic E-state index is 2.35. The Morgan fingerprint density at radius 1 is 1.12 bits per heavy atom. The van der Waals surface area contributed by atoms with Crippen molar-refractivity contribution in [1.29, 1.82) is 0 Å². The normalized spacial score (nSPS) is 33.5. The summed E-state index contributed by atoms with van der Waals surface area (Å²) in [5.41, 5.74) is 1.41. The van der Waals surface area contributed by atoms with Crippen LogP contribution in [0, 0.1) is 0 Å². The zero-order chi connectivity index (χ0) is 11.8. The molecule has 3 rings (SSSR count). The van der Waals surface area contributed by atoms with Crippen LogP contribution in [-0.2, 0) is 5.75 Å². The van der Waals surface area contributed by atoms with Gasteiger partial charge in [-0.2, -0.15) is 0 Å². The molecule has 1 fully saturated rings. The Morgan fingerprint density at radius 2 is 1.88 bits per heavy atom. The molecular formula is C14H14S3. The van der Waals surface area contributed by atoms with E-state index in [0.29, 0.717) is 8.83 Å². The Balaban J connectivity index is 1.57. The molecule has 1 saturated heterocycles. The Bertz CT molecular complexity index is 466. The van der Waals surface area contributed by atoms with Gasteiger partial charge < -0.3 is 0 Å². The fraction of sp³-hybridized carbons (Fsp3) is 0.286. The van der Waals surface area contributed by atoms with Crippen LogP contribution < -0.4 is 0 Å². The smallest absolute Gasteiger partial charge is 0.108 e. The van der Waals surface area contributed by atoms with Crippen molar-refractivity contribution < 1.29 is 0 Å². The Morgan fingerprint density at radius 3 is 2.65 bits per heavy atom. The van der Waals surface area contributed by atoms with Crippen molar-refractivity contribution in [3.63, 3.8) is 0 Å². The average molecular weight is 278 g/mol. The fourth-order valence-corrected chi connectivity index (χ4v) is 7.36. The molecule has 2 unspecified atom stereocenters. The predicted molar refractivity (Wildman–Crippen MR) is 82.3 cm³/mol. The van der Waals surface area contributed by atoms with Gasteiger partial charge in [0.15, 0.2) is 0 Å². The van der Waals surface area contributed by atoms with Gasteiger partial charge in [0.25, 0.3) is 0 Å². The highest BCUT2D eigenvalue weighted by molar-refractivity contribution is 8.79. The zero-order valence-electron chi connectivity index (χ0n) is 9.63. The van der Waals surface area contributed by atoms with Crippen LogP contribution in [0.1, 0.15) is 12.5 Å². The van der Waals surface area contributed by atoms with E-state index in [2.05, 4.69) is 73.3 Å². The molecule has 88 valence electrons. The van der Waals surface area contributed by atoms with E-state index in [9.17, 15) is 0 Å². The van der Waals surface area contributed by atoms with Gasteiger partial charge in [0, 0.05) is 5.75 Å². The second-order valence-electron chi connectivity index (χ2n) is 4.43. The van der Waals surface area contributed by atoms with Crippen molar-refractivity contribution in [2.24, 2.45) is 0 Å². The third-order valence-corrected chi connectivity index (χ3v) is 8.47. The summed E-state index contributed by atoms with van der Waals surface area (Å²) in [4.78, 5) is 0. The van der Waals surface area contributed by atoms with Crippen LogP contribution in [0.4, 0.5) is 0 Å². The van der Waals surface area contributed by atoms with Gasteiger partial charge in [0.1, 0.15) is 4.08 Å². The zero-order valence-corrected chi connectivity index (χ0v) is 12.1. The molecule has 0 saturated carbocycles. The van der Waals surface area contributed by atoms with Crippen LogP contribution in [0.15, 0.2) is 54.6 Å². The monoisotopic (exact) mass is 278 g/mol. The van der Waals surface area contributed by atoms with E-state index in [0.717, 1.165) is 5.75 Å². The molecule has 0 amide bonds. The lowest BCUT2D eigenvalue weighted by Crippen LogP contribution is -2.15. The molecule has 0 N–H and O–H groups in total. The summed E-state index contributed by atoms with van der Waals surface area (Å²) < 4.78 is 0.622. The summed E-state index contributed by atoms with van der Waals surface area (Å²) in [5.74, 6) is 1.08. The first kappa shape index (κ1) is 11.8. The second kappa shape index (κ2) is 4.45. The summed E-state index contributed by atoms with van der Waals surface area (Å²) in [6.45, 7) is 2.33. The largest absolute Gasteiger partial charge is 0.124 e. The highest BCUT2D eigenvalue weighted by atomic mass is 33.1. The third-order valence-electron chi connectivity index (χ3n) is 3.11. The number of hydrogen-bond donors (Lipinski definition) is 0. The number of fused-ring (bicyclic) bond motifs is 1. The van der Waals surface area contributed by atoms with Crippen LogP contribution in [-0.4, -0.2) is 8.83 Å². The van der Waals surface area contributed by atoms with E-state index in [-0.39, 0.29) is 0 Å². The third kappa shape index (κ3) is 2.20. The Labute approximate surface area is 115 Å². The second-order valence-corrected chi connectivity index (χ2v) is 8.92. The number of allylic oxidation sites excluding steroid dienone is 2. The van der Waals surface area contributed by atoms with Crippen LogP contribution in [0.3, 0.4) is 0 Å². The van der Waals surface area contributed by atoms with E-state index < -0.39 is 0 Å². The lowest BCUT2D eigenvalue weighted by molar-refractivity contribution is 0.885. The standard InChI is InChI=1S/C14H14S3/c1-13-9-5-6-10-14(13,16-13)17-15-11-12-7-3-2-4-8-12/h2-10H,11H2,1H3. The van der Waals surface area contributed by atoms with Crippen molar-refractivity contribution in [2.75, 3.05) is 0 Å². The number of rotatable bonds is 4. The van der Waals surface area contributed by atoms with Crippen LogP contribution in [0.25, 0.3) is 0 Å². The van der Waals surface area contributed by atoms with E-state index >= 15 is 0 Å². The SMILES string of the molecule is CC12C=CC=CC1(SSCc1ccccc1)S2. The first-order valence-electron chi connectivity index (χ1n) is 5.66. The fourth-order valence-electron chi connectivity index (χ4n) is 1.95. The van der Waals surface area contributed by atoms with Gasteiger partial charge in [-0.15, -0.1) is 11.8 Å². The maximum atomic E-state index is 2.35. The van der Waals surface area contributed by atoms with Crippen LogP contribution in [0.5, 0.6) is 0 Å². The highest BCUT2D eigenvalue weighted by Gasteiger charge is 2.64. The molecule has 1 aliphatic heterocycles. The predicted octanol–water partition coefficient (Wildman–Crippen LogP) is 4.90. The van der Waals surface area contributed by atoms with E-state index in [4.69, 9.17) is 0 Å². The quantitative estimate of drug-likeness (QED) is 0.568. The molecule has 1 aromatic rings. The van der Waals surface area contributed by atoms with Gasteiger partial charge >= 0.3 is 0 Å². The Hall–Kier alpha value is -0.250. The first-order valence-corrected chi connectivity index (χ1v) is 8.79. The minimum absolute atomic E-state index is 0.293. The molecule has 0 radical (unpaired) electrons. The van der Waals surface area contributed by atoms with Crippen molar-refractivity contribution >= 4 is 33.3 Å². The van der Waals surface area contributed by atoms with E-state index in [1.807, 2.05) is 21.6 Å². The minimum Gasteiger partial charge on any atom is -0.124 e. The molecule has 17 heavy (non-hydrogen) atoms. The van der Waals surface area contributed by atoms with Crippen molar-refractivity contribution in [3.8, 4) is 0 Å². The van der Waals surface area contributed by atoms with Gasteiger partial charge in [-0.1, -0.05) is 76.2 Å². The number of benzene rings is 1. The molecule has 1 aromatic carbocycles. The number of hydrogen-bond acceptors (Lipinski definition) is 3. The molecule has 0 bridgehead atoms. The van der Waals surface area contributed by atoms with Crippen molar-refractivity contribution in [3.05, 3.63) is 60.2 Å². The summed E-state index contributed by atoms with van der Waals surface area (Å²) in [5, 5.41) is 0. The number of thioether (sulfide) groups is 1. The molecular weight excluding hydrogens is 264 g/mol. The first-order chi connectivity index (χ1) is 8.24. The lowest BCUT2D eigenvalue weighted by atomic mass is 10.0. The molecule has 2 aliphatic rings. The molecule has 0 spiro atoms. The highest BCUT2D eigenvalue weighted by Crippen LogP contribution is 2.74. The minimum atomic E-state index is 0.293. The molecule has 2 atom stereocenters. The van der Waals surface area contributed by atoms with Crippen LogP contribution >= 0.6 is 33.3 Å². The van der Waals surface area contributed by atoms with Gasteiger partial charge in [-0.25, -0.2) is 0 Å². The molecule has 1 aliphatic carbocycles. The van der Waals surface area contributed by atoms with Crippen molar-refractivity contribution in [2.45, 2.75) is 21.5 Å². The van der Waals surface area contributed by atoms with Gasteiger partial charge in [0.05, 0.1) is 4.75 Å². The van der Waals surface area contributed by atoms with E-state index in [1.165, 1.54) is 5.56 Å². The Kier molecular flexibility index (Phi) is 3.09. The molecule has 1 heterocycles. The van der Waals surface area contributed by atoms with Crippen LogP contribution in [0.2, 0.25) is 0 Å². The summed E-state index contributed by atoms with van der Waals surface area (Å²) in [6, 6.07) is 10.7. The van der Waals surface area contributed by atoms with E-state index in [1.54, 1.807) is 0 Å². The molecule has 3 heteroatoms. The average Bonchev–Trinajstić information content (AvgIpc) is 2.97. The molecule has 0 nitrogen and oxygen atoms in total. The van der Waals surface area contributed by atoms with Gasteiger partial charge in [0.2, 0.25) is 0 Å². The maximum Gasteiger partial charge on any atom is 0.108 e. The summed E-state index contributed by atoms with van der Waals surface area (Å²) >= 11 is 2.05. The summed E-state index contributed by atoms with van der Waals surface area (Å²) in [6.07, 6.45) is 9.02. The van der Waals surface area contributed by atoms with Gasteiger partial charge in [-0.3, -0.25) is 0 Å². The summed E-state index contributed by atoms with van der Waals surface area (Å²) in [7, 11) is 3.97. The topological polar surface area (TPSA) is 0 Å².